The molecule has 1 atom stereocenters. The van der Waals surface area contributed by atoms with E-state index in [-0.39, 0.29) is 17.9 Å². The van der Waals surface area contributed by atoms with Crippen molar-refractivity contribution in [2.75, 3.05) is 27.3 Å². The molecule has 1 aliphatic carbocycles. The lowest BCUT2D eigenvalue weighted by molar-refractivity contribution is -0.140. The van der Waals surface area contributed by atoms with Gasteiger partial charge in [0.1, 0.15) is 5.70 Å². The SMILES string of the molecule is COc1ccc(C2=C(N3CCCC(C)C3)C(=O)N(C3CCCCCCC3)C2=O)cc1OC. The molecule has 0 N–H and O–H groups in total. The molecule has 1 saturated heterocycles. The Morgan fingerprint density at radius 2 is 1.53 bits per heavy atom. The van der Waals surface area contributed by atoms with Crippen LogP contribution in [0.2, 0.25) is 0 Å². The summed E-state index contributed by atoms with van der Waals surface area (Å²) in [7, 11) is 3.18. The molecule has 0 radical (unpaired) electrons. The number of benzene rings is 1. The van der Waals surface area contributed by atoms with Crippen molar-refractivity contribution < 1.29 is 19.1 Å². The van der Waals surface area contributed by atoms with Crippen LogP contribution in [0.1, 0.15) is 70.3 Å². The molecule has 2 amide bonds. The number of rotatable bonds is 5. The highest BCUT2D eigenvalue weighted by molar-refractivity contribution is 6.35. The first-order valence-electron chi connectivity index (χ1n) is 12.1. The van der Waals surface area contributed by atoms with Gasteiger partial charge in [0.05, 0.1) is 19.8 Å². The molecule has 0 bridgehead atoms. The molecule has 0 spiro atoms. The van der Waals surface area contributed by atoms with Crippen LogP contribution >= 0.6 is 0 Å². The second kappa shape index (κ2) is 9.97. The standard InChI is InChI=1S/C26H36N2O4/c1-18-10-9-15-27(17-18)24-23(19-13-14-21(31-2)22(16-19)32-3)25(29)28(26(24)30)20-11-7-5-4-6-8-12-20/h13-14,16,18,20H,4-12,15,17H2,1-3H3. The number of carbonyl (C=O) groups is 2. The van der Waals surface area contributed by atoms with E-state index >= 15 is 0 Å². The van der Waals surface area contributed by atoms with Crippen LogP contribution in [0.25, 0.3) is 5.57 Å². The number of methoxy groups -OCH3 is 2. The Kier molecular flexibility index (Phi) is 7.07. The van der Waals surface area contributed by atoms with Crippen LogP contribution in [-0.2, 0) is 9.59 Å². The molecular weight excluding hydrogens is 404 g/mol. The Balaban J connectivity index is 1.76. The van der Waals surface area contributed by atoms with Crippen molar-refractivity contribution in [1.29, 1.82) is 0 Å². The molecule has 1 aromatic rings. The Morgan fingerprint density at radius 1 is 0.844 bits per heavy atom. The van der Waals surface area contributed by atoms with Gasteiger partial charge in [0.25, 0.3) is 11.8 Å². The number of ether oxygens (including phenoxy) is 2. The molecule has 1 aromatic carbocycles. The predicted molar refractivity (Wildman–Crippen MR) is 124 cm³/mol. The zero-order valence-corrected chi connectivity index (χ0v) is 19.7. The number of hydrogen-bond acceptors (Lipinski definition) is 5. The number of nitrogens with zero attached hydrogens (tertiary/aromatic N) is 2. The number of hydrogen-bond donors (Lipinski definition) is 0. The van der Waals surface area contributed by atoms with E-state index < -0.39 is 0 Å². The average Bonchev–Trinajstić information content (AvgIpc) is 3.03. The molecule has 0 aromatic heterocycles. The van der Waals surface area contributed by atoms with Gasteiger partial charge in [-0.3, -0.25) is 14.5 Å². The summed E-state index contributed by atoms with van der Waals surface area (Å²) >= 11 is 0. The Morgan fingerprint density at radius 3 is 2.19 bits per heavy atom. The highest BCUT2D eigenvalue weighted by atomic mass is 16.5. The first-order chi connectivity index (χ1) is 15.5. The van der Waals surface area contributed by atoms with Crippen molar-refractivity contribution in [3.05, 3.63) is 29.5 Å². The van der Waals surface area contributed by atoms with Gasteiger partial charge < -0.3 is 14.4 Å². The first-order valence-corrected chi connectivity index (χ1v) is 12.1. The van der Waals surface area contributed by atoms with E-state index in [1.165, 1.54) is 19.3 Å². The summed E-state index contributed by atoms with van der Waals surface area (Å²) < 4.78 is 10.9. The van der Waals surface area contributed by atoms with Crippen LogP contribution in [0, 0.1) is 5.92 Å². The lowest BCUT2D eigenvalue weighted by atomic mass is 9.95. The summed E-state index contributed by atoms with van der Waals surface area (Å²) in [5.74, 6) is 1.41. The van der Waals surface area contributed by atoms with Gasteiger partial charge in [0, 0.05) is 19.1 Å². The van der Waals surface area contributed by atoms with E-state index in [0.717, 1.165) is 57.2 Å². The molecule has 32 heavy (non-hydrogen) atoms. The molecule has 2 aliphatic heterocycles. The maximum Gasteiger partial charge on any atom is 0.278 e. The summed E-state index contributed by atoms with van der Waals surface area (Å²) in [5, 5.41) is 0. The number of imide groups is 1. The van der Waals surface area contributed by atoms with Gasteiger partial charge in [-0.1, -0.05) is 45.1 Å². The Labute approximate surface area is 191 Å². The molecule has 4 rings (SSSR count). The molecule has 1 unspecified atom stereocenters. The Bertz CT molecular complexity index is 886. The van der Waals surface area contributed by atoms with Crippen LogP contribution in [0.4, 0.5) is 0 Å². The maximum absolute atomic E-state index is 13.9. The normalized spacial score (nSPS) is 23.4. The monoisotopic (exact) mass is 440 g/mol. The summed E-state index contributed by atoms with van der Waals surface area (Å²) in [5.41, 5.74) is 1.82. The quantitative estimate of drug-likeness (QED) is 0.625. The molecule has 2 fully saturated rings. The van der Waals surface area contributed by atoms with Gasteiger partial charge >= 0.3 is 0 Å². The van der Waals surface area contributed by atoms with Crippen molar-refractivity contribution >= 4 is 17.4 Å². The molecule has 6 nitrogen and oxygen atoms in total. The molecule has 6 heteroatoms. The zero-order chi connectivity index (χ0) is 22.7. The van der Waals surface area contributed by atoms with Crippen LogP contribution in [0.5, 0.6) is 11.5 Å². The van der Waals surface area contributed by atoms with Crippen molar-refractivity contribution in [1.82, 2.24) is 9.80 Å². The fraction of sp³-hybridized carbons (Fsp3) is 0.615. The third-order valence-electron chi connectivity index (χ3n) is 7.18. The number of likely N-dealkylation sites (tertiary alicyclic amines) is 1. The van der Waals surface area contributed by atoms with Crippen molar-refractivity contribution in [2.45, 2.75) is 70.8 Å². The molecular formula is C26H36N2O4. The lowest BCUT2D eigenvalue weighted by Gasteiger charge is -2.34. The third kappa shape index (κ3) is 4.37. The van der Waals surface area contributed by atoms with E-state index in [2.05, 4.69) is 11.8 Å². The van der Waals surface area contributed by atoms with Crippen molar-refractivity contribution in [3.63, 3.8) is 0 Å². The van der Waals surface area contributed by atoms with Crippen molar-refractivity contribution in [3.8, 4) is 11.5 Å². The topological polar surface area (TPSA) is 59.1 Å². The summed E-state index contributed by atoms with van der Waals surface area (Å²) in [4.78, 5) is 31.4. The highest BCUT2D eigenvalue weighted by Gasteiger charge is 2.45. The number of amides is 2. The van der Waals surface area contributed by atoms with Crippen LogP contribution in [0.15, 0.2) is 23.9 Å². The van der Waals surface area contributed by atoms with Gasteiger partial charge in [-0.15, -0.1) is 0 Å². The van der Waals surface area contributed by atoms with E-state index in [0.29, 0.717) is 28.7 Å². The van der Waals surface area contributed by atoms with Crippen molar-refractivity contribution in [2.24, 2.45) is 5.92 Å². The zero-order valence-electron chi connectivity index (χ0n) is 19.7. The van der Waals surface area contributed by atoms with Gasteiger partial charge in [0.15, 0.2) is 11.5 Å². The van der Waals surface area contributed by atoms with Gasteiger partial charge in [-0.05, 0) is 49.3 Å². The molecule has 2 heterocycles. The molecule has 174 valence electrons. The summed E-state index contributed by atoms with van der Waals surface area (Å²) in [6.07, 6.45) is 9.76. The van der Waals surface area contributed by atoms with E-state index in [1.807, 2.05) is 18.2 Å². The number of piperidine rings is 1. The Hall–Kier alpha value is -2.50. The largest absolute Gasteiger partial charge is 0.493 e. The maximum atomic E-state index is 13.9. The lowest BCUT2D eigenvalue weighted by Crippen LogP contribution is -2.44. The van der Waals surface area contributed by atoms with Crippen LogP contribution in [0.3, 0.4) is 0 Å². The minimum atomic E-state index is -0.152. The van der Waals surface area contributed by atoms with Crippen LogP contribution < -0.4 is 9.47 Å². The van der Waals surface area contributed by atoms with Crippen LogP contribution in [-0.4, -0.2) is 55.0 Å². The second-order valence-electron chi connectivity index (χ2n) is 9.47. The minimum Gasteiger partial charge on any atom is -0.493 e. The summed E-state index contributed by atoms with van der Waals surface area (Å²) in [6.45, 7) is 3.84. The van der Waals surface area contributed by atoms with E-state index in [9.17, 15) is 9.59 Å². The average molecular weight is 441 g/mol. The minimum absolute atomic E-state index is 0.00911. The first kappa shape index (κ1) is 22.7. The highest BCUT2D eigenvalue weighted by Crippen LogP contribution is 2.39. The molecule has 1 saturated carbocycles. The van der Waals surface area contributed by atoms with Gasteiger partial charge in [0.2, 0.25) is 0 Å². The second-order valence-corrected chi connectivity index (χ2v) is 9.47. The van der Waals surface area contributed by atoms with Gasteiger partial charge in [-0.25, -0.2) is 0 Å². The van der Waals surface area contributed by atoms with Gasteiger partial charge in [-0.2, -0.15) is 0 Å². The fourth-order valence-corrected chi connectivity index (χ4v) is 5.50. The fourth-order valence-electron chi connectivity index (χ4n) is 5.50. The smallest absolute Gasteiger partial charge is 0.278 e. The molecule has 3 aliphatic rings. The summed E-state index contributed by atoms with van der Waals surface area (Å²) in [6, 6.07) is 5.50. The third-order valence-corrected chi connectivity index (χ3v) is 7.18. The van der Waals surface area contributed by atoms with E-state index in [1.54, 1.807) is 19.1 Å². The predicted octanol–water partition coefficient (Wildman–Crippen LogP) is 4.63. The number of carbonyl (C=O) groups excluding carboxylic acids is 2. The van der Waals surface area contributed by atoms with E-state index in [4.69, 9.17) is 9.47 Å².